The predicted octanol–water partition coefficient (Wildman–Crippen LogP) is 2.52. The van der Waals surface area contributed by atoms with Gasteiger partial charge in [0.1, 0.15) is 0 Å². The molecular weight excluding hydrogens is 346 g/mol. The smallest absolute Gasteiger partial charge is 0.344 e. The largest absolute Gasteiger partial charge is 0.478 e. The third kappa shape index (κ3) is 2.53. The number of rotatable bonds is 4. The van der Waals surface area contributed by atoms with Gasteiger partial charge in [0.15, 0.2) is 5.16 Å². The number of aromatic carboxylic acids is 1. The van der Waals surface area contributed by atoms with Gasteiger partial charge in [-0.2, -0.15) is 0 Å². The van der Waals surface area contributed by atoms with Crippen molar-refractivity contribution in [2.24, 2.45) is 0 Å². The molecule has 1 heterocycles. The van der Waals surface area contributed by atoms with Crippen LogP contribution in [-0.4, -0.2) is 25.8 Å². The molecule has 2 N–H and O–H groups in total. The Hall–Kier alpha value is -1.54. The average Bonchev–Trinajstić information content (AvgIpc) is 3.15. The summed E-state index contributed by atoms with van der Waals surface area (Å²) in [5.74, 6) is -0.983. The topological polar surface area (TPSA) is 88.0 Å². The van der Waals surface area contributed by atoms with Crippen LogP contribution in [0.1, 0.15) is 29.2 Å². The predicted molar refractivity (Wildman–Crippen MR) is 76.3 cm³/mol. The van der Waals surface area contributed by atoms with Crippen LogP contribution < -0.4 is 5.69 Å². The summed E-state index contributed by atoms with van der Waals surface area (Å²) in [5, 5.41) is 16.0. The van der Waals surface area contributed by atoms with Crippen molar-refractivity contribution >= 4 is 33.7 Å². The molecule has 1 fully saturated rings. The molecule has 0 amide bonds. The minimum Gasteiger partial charge on any atom is -0.478 e. The Labute approximate surface area is 126 Å². The van der Waals surface area contributed by atoms with Crippen molar-refractivity contribution < 1.29 is 9.90 Å². The zero-order valence-electron chi connectivity index (χ0n) is 10.2. The summed E-state index contributed by atoms with van der Waals surface area (Å²) in [4.78, 5) is 23.4. The molecule has 20 heavy (non-hydrogen) atoms. The molecule has 0 saturated heterocycles. The standard InChI is InChI=1S/C12H10BrN3O3S/c13-9-5-7(3-4-8(9)10(17)18)20-12-15-14-11(19)16(12)6-1-2-6/h3-6H,1-2H2,(H,14,19)(H,17,18). The summed E-state index contributed by atoms with van der Waals surface area (Å²) in [5.41, 5.74) is 0.00665. The number of carboxylic acid groups (broad SMARTS) is 1. The highest BCUT2D eigenvalue weighted by Crippen LogP contribution is 2.38. The summed E-state index contributed by atoms with van der Waals surface area (Å²) < 4.78 is 2.16. The molecule has 104 valence electrons. The van der Waals surface area contributed by atoms with E-state index >= 15 is 0 Å². The third-order valence-corrected chi connectivity index (χ3v) is 4.58. The number of H-pyrrole nitrogens is 1. The van der Waals surface area contributed by atoms with E-state index in [9.17, 15) is 9.59 Å². The number of nitrogens with zero attached hydrogens (tertiary/aromatic N) is 2. The van der Waals surface area contributed by atoms with Crippen LogP contribution in [0.3, 0.4) is 0 Å². The van der Waals surface area contributed by atoms with Gasteiger partial charge in [0, 0.05) is 15.4 Å². The fourth-order valence-corrected chi connectivity index (χ4v) is 3.50. The van der Waals surface area contributed by atoms with Crippen LogP contribution in [0.5, 0.6) is 0 Å². The molecular formula is C12H10BrN3O3S. The molecule has 0 atom stereocenters. The first kappa shape index (κ1) is 13.4. The van der Waals surface area contributed by atoms with Gasteiger partial charge in [-0.1, -0.05) is 0 Å². The Bertz CT molecular complexity index is 736. The number of hydrogen-bond acceptors (Lipinski definition) is 4. The van der Waals surface area contributed by atoms with Gasteiger partial charge in [0.05, 0.1) is 5.56 Å². The van der Waals surface area contributed by atoms with Crippen molar-refractivity contribution in [3.05, 3.63) is 38.7 Å². The maximum atomic E-state index is 11.7. The van der Waals surface area contributed by atoms with Crippen LogP contribution >= 0.6 is 27.7 Å². The molecule has 0 unspecified atom stereocenters. The molecule has 0 spiro atoms. The Morgan fingerprint density at radius 2 is 2.25 bits per heavy atom. The lowest BCUT2D eigenvalue weighted by atomic mass is 10.2. The van der Waals surface area contributed by atoms with Crippen LogP contribution in [0.15, 0.2) is 37.5 Å². The number of halogens is 1. The van der Waals surface area contributed by atoms with Gasteiger partial charge in [-0.25, -0.2) is 14.7 Å². The second kappa shape index (κ2) is 5.10. The summed E-state index contributed by atoms with van der Waals surface area (Å²) >= 11 is 4.57. The quantitative estimate of drug-likeness (QED) is 0.879. The number of nitrogens with one attached hydrogen (secondary N) is 1. The molecule has 1 saturated carbocycles. The molecule has 2 aromatic rings. The maximum Gasteiger partial charge on any atom is 0.344 e. The first-order valence-electron chi connectivity index (χ1n) is 5.94. The zero-order valence-corrected chi connectivity index (χ0v) is 12.6. The van der Waals surface area contributed by atoms with Crippen LogP contribution in [0.4, 0.5) is 0 Å². The lowest BCUT2D eigenvalue weighted by Gasteiger charge is -2.05. The number of hydrogen-bond donors (Lipinski definition) is 2. The van der Waals surface area contributed by atoms with Gasteiger partial charge < -0.3 is 5.11 Å². The fraction of sp³-hybridized carbons (Fsp3) is 0.250. The zero-order chi connectivity index (χ0) is 14.3. The molecule has 1 aliphatic carbocycles. The van der Waals surface area contributed by atoms with Crippen LogP contribution in [0.2, 0.25) is 0 Å². The third-order valence-electron chi connectivity index (χ3n) is 2.96. The van der Waals surface area contributed by atoms with Gasteiger partial charge in [0.2, 0.25) is 0 Å². The van der Waals surface area contributed by atoms with Crippen molar-refractivity contribution in [3.8, 4) is 0 Å². The molecule has 1 aromatic carbocycles. The summed E-state index contributed by atoms with van der Waals surface area (Å²) in [7, 11) is 0. The summed E-state index contributed by atoms with van der Waals surface area (Å²) in [6, 6.07) is 5.19. The highest BCUT2D eigenvalue weighted by molar-refractivity contribution is 9.10. The van der Waals surface area contributed by atoms with E-state index in [1.54, 1.807) is 16.7 Å². The van der Waals surface area contributed by atoms with Crippen LogP contribution in [0, 0.1) is 0 Å². The molecule has 0 radical (unpaired) electrons. The molecule has 0 bridgehead atoms. The fourth-order valence-electron chi connectivity index (χ4n) is 1.86. The SMILES string of the molecule is O=C(O)c1ccc(Sc2n[nH]c(=O)n2C2CC2)cc1Br. The first-order chi connectivity index (χ1) is 9.56. The Balaban J connectivity index is 1.90. The lowest BCUT2D eigenvalue weighted by Crippen LogP contribution is -2.15. The number of aromatic nitrogens is 3. The molecule has 0 aliphatic heterocycles. The lowest BCUT2D eigenvalue weighted by molar-refractivity contribution is 0.0696. The number of carboxylic acids is 1. The van der Waals surface area contributed by atoms with E-state index in [-0.39, 0.29) is 17.3 Å². The second-order valence-corrected chi connectivity index (χ2v) is 6.36. The van der Waals surface area contributed by atoms with Gasteiger partial charge in [-0.3, -0.25) is 4.57 Å². The average molecular weight is 356 g/mol. The van der Waals surface area contributed by atoms with Crippen molar-refractivity contribution in [1.29, 1.82) is 0 Å². The molecule has 8 heteroatoms. The maximum absolute atomic E-state index is 11.7. The highest BCUT2D eigenvalue weighted by atomic mass is 79.9. The Morgan fingerprint density at radius 1 is 1.50 bits per heavy atom. The first-order valence-corrected chi connectivity index (χ1v) is 7.55. The van der Waals surface area contributed by atoms with Crippen LogP contribution in [0.25, 0.3) is 0 Å². The van der Waals surface area contributed by atoms with E-state index in [0.717, 1.165) is 17.7 Å². The molecule has 3 rings (SSSR count). The Kier molecular flexibility index (Phi) is 3.43. The van der Waals surface area contributed by atoms with Crippen LogP contribution in [-0.2, 0) is 0 Å². The van der Waals surface area contributed by atoms with Crippen molar-refractivity contribution in [2.45, 2.75) is 28.9 Å². The number of carbonyl (C=O) groups is 1. The summed E-state index contributed by atoms with van der Waals surface area (Å²) in [6.07, 6.45) is 1.99. The van der Waals surface area contributed by atoms with Crippen molar-refractivity contribution in [3.63, 3.8) is 0 Å². The normalized spacial score (nSPS) is 14.4. The van der Waals surface area contributed by atoms with E-state index in [2.05, 4.69) is 26.1 Å². The Morgan fingerprint density at radius 3 is 2.85 bits per heavy atom. The minimum absolute atomic E-state index is 0.198. The van der Waals surface area contributed by atoms with E-state index in [4.69, 9.17) is 5.11 Å². The number of aromatic amines is 1. The molecule has 1 aromatic heterocycles. The van der Waals surface area contributed by atoms with Crippen molar-refractivity contribution in [1.82, 2.24) is 14.8 Å². The van der Waals surface area contributed by atoms with E-state index in [0.29, 0.717) is 9.63 Å². The van der Waals surface area contributed by atoms with Gasteiger partial charge in [-0.15, -0.1) is 5.10 Å². The van der Waals surface area contributed by atoms with E-state index in [1.807, 2.05) is 0 Å². The highest BCUT2D eigenvalue weighted by Gasteiger charge is 2.28. The second-order valence-electron chi connectivity index (χ2n) is 4.46. The van der Waals surface area contributed by atoms with E-state index < -0.39 is 5.97 Å². The molecule has 1 aliphatic rings. The monoisotopic (exact) mass is 355 g/mol. The minimum atomic E-state index is -0.983. The van der Waals surface area contributed by atoms with Gasteiger partial charge >= 0.3 is 11.7 Å². The summed E-state index contributed by atoms with van der Waals surface area (Å²) in [6.45, 7) is 0. The van der Waals surface area contributed by atoms with E-state index in [1.165, 1.54) is 17.8 Å². The van der Waals surface area contributed by atoms with Gasteiger partial charge in [0.25, 0.3) is 0 Å². The van der Waals surface area contributed by atoms with Gasteiger partial charge in [-0.05, 0) is 58.7 Å². The molecule has 6 nitrogen and oxygen atoms in total. The van der Waals surface area contributed by atoms with Crippen molar-refractivity contribution in [2.75, 3.05) is 0 Å². The number of benzene rings is 1.